The highest BCUT2D eigenvalue weighted by molar-refractivity contribution is 7.89. The van der Waals surface area contributed by atoms with E-state index in [0.29, 0.717) is 18.0 Å². The molecule has 2 N–H and O–H groups in total. The first kappa shape index (κ1) is 15.5. The summed E-state index contributed by atoms with van der Waals surface area (Å²) in [5.41, 5.74) is 7.72. The van der Waals surface area contributed by atoms with Gasteiger partial charge in [-0.2, -0.15) is 4.31 Å². The molecular weight excluding hydrogens is 272 g/mol. The average molecular weight is 296 g/mol. The van der Waals surface area contributed by atoms with Crippen molar-refractivity contribution in [2.24, 2.45) is 11.7 Å². The lowest BCUT2D eigenvalue weighted by molar-refractivity contribution is 0.243. The molecule has 1 saturated heterocycles. The minimum atomic E-state index is -3.40. The van der Waals surface area contributed by atoms with Crippen LogP contribution in [-0.2, 0) is 10.0 Å². The molecule has 4 nitrogen and oxygen atoms in total. The highest BCUT2D eigenvalue weighted by atomic mass is 32.2. The lowest BCUT2D eigenvalue weighted by Crippen LogP contribution is -2.45. The van der Waals surface area contributed by atoms with Crippen LogP contribution in [-0.4, -0.2) is 31.9 Å². The standard InChI is InChI=1S/C15H24N2O2S/c1-11-6-7-12(2)15(9-11)20(18,19)17-8-4-5-14(10-17)13(3)16/h6-7,9,13-14H,4-5,8,10,16H2,1-3H3. The van der Waals surface area contributed by atoms with Crippen LogP contribution in [0.2, 0.25) is 0 Å². The second kappa shape index (κ2) is 5.84. The van der Waals surface area contributed by atoms with Gasteiger partial charge in [-0.25, -0.2) is 8.42 Å². The third kappa shape index (κ3) is 3.05. The van der Waals surface area contributed by atoms with Gasteiger partial charge in [-0.05, 0) is 56.7 Å². The highest BCUT2D eigenvalue weighted by Crippen LogP contribution is 2.27. The predicted molar refractivity (Wildman–Crippen MR) is 81.0 cm³/mol. The Morgan fingerprint density at radius 2 is 2.05 bits per heavy atom. The van der Waals surface area contributed by atoms with Gasteiger partial charge in [0.1, 0.15) is 0 Å². The quantitative estimate of drug-likeness (QED) is 0.928. The molecule has 1 heterocycles. The maximum Gasteiger partial charge on any atom is 0.243 e. The van der Waals surface area contributed by atoms with Crippen molar-refractivity contribution in [3.63, 3.8) is 0 Å². The van der Waals surface area contributed by atoms with Crippen molar-refractivity contribution in [1.82, 2.24) is 4.31 Å². The number of aryl methyl sites for hydroxylation is 2. The molecule has 20 heavy (non-hydrogen) atoms. The first-order valence-electron chi connectivity index (χ1n) is 7.15. The molecule has 1 aromatic carbocycles. The number of rotatable bonds is 3. The van der Waals surface area contributed by atoms with Gasteiger partial charge >= 0.3 is 0 Å². The summed E-state index contributed by atoms with van der Waals surface area (Å²) in [7, 11) is -3.40. The molecule has 1 aliphatic rings. The zero-order chi connectivity index (χ0) is 14.9. The molecule has 2 atom stereocenters. The molecule has 5 heteroatoms. The Kier molecular flexibility index (Phi) is 4.52. The van der Waals surface area contributed by atoms with Crippen molar-refractivity contribution < 1.29 is 8.42 Å². The monoisotopic (exact) mass is 296 g/mol. The SMILES string of the molecule is Cc1ccc(C)c(S(=O)(=O)N2CCCC(C(C)N)C2)c1. The predicted octanol–water partition coefficient (Wildman–Crippen LogP) is 2.05. The molecule has 112 valence electrons. The number of sulfonamides is 1. The molecule has 1 aliphatic heterocycles. The van der Waals surface area contributed by atoms with Crippen molar-refractivity contribution in [1.29, 1.82) is 0 Å². The number of hydrogen-bond acceptors (Lipinski definition) is 3. The van der Waals surface area contributed by atoms with Gasteiger partial charge in [-0.15, -0.1) is 0 Å². The largest absolute Gasteiger partial charge is 0.328 e. The van der Waals surface area contributed by atoms with E-state index in [2.05, 4.69) is 0 Å². The summed E-state index contributed by atoms with van der Waals surface area (Å²) in [4.78, 5) is 0.433. The van der Waals surface area contributed by atoms with Gasteiger partial charge in [0, 0.05) is 19.1 Å². The van der Waals surface area contributed by atoms with Gasteiger partial charge in [-0.1, -0.05) is 12.1 Å². The van der Waals surface area contributed by atoms with Crippen LogP contribution in [0.25, 0.3) is 0 Å². The van der Waals surface area contributed by atoms with E-state index in [9.17, 15) is 8.42 Å². The van der Waals surface area contributed by atoms with Gasteiger partial charge < -0.3 is 5.73 Å². The highest BCUT2D eigenvalue weighted by Gasteiger charge is 2.32. The third-order valence-electron chi connectivity index (χ3n) is 4.13. The smallest absolute Gasteiger partial charge is 0.243 e. The van der Waals surface area contributed by atoms with E-state index in [-0.39, 0.29) is 12.0 Å². The molecule has 1 fully saturated rings. The molecule has 0 aliphatic carbocycles. The Labute approximate surface area is 122 Å². The van der Waals surface area contributed by atoms with Crippen LogP contribution in [0.5, 0.6) is 0 Å². The number of nitrogens with two attached hydrogens (primary N) is 1. The second-order valence-corrected chi connectivity index (χ2v) is 7.80. The van der Waals surface area contributed by atoms with E-state index in [1.165, 1.54) is 0 Å². The molecule has 0 aromatic heterocycles. The maximum atomic E-state index is 12.8. The molecular formula is C15H24N2O2S. The molecule has 0 bridgehead atoms. The zero-order valence-electron chi connectivity index (χ0n) is 12.5. The normalized spacial score (nSPS) is 22.7. The summed E-state index contributed by atoms with van der Waals surface area (Å²) in [6.07, 6.45) is 1.90. The fraction of sp³-hybridized carbons (Fsp3) is 0.600. The summed E-state index contributed by atoms with van der Waals surface area (Å²) in [6, 6.07) is 5.61. The minimum Gasteiger partial charge on any atom is -0.328 e. The summed E-state index contributed by atoms with van der Waals surface area (Å²) >= 11 is 0. The molecule has 1 aromatic rings. The van der Waals surface area contributed by atoms with Gasteiger partial charge in [0.25, 0.3) is 0 Å². The lowest BCUT2D eigenvalue weighted by atomic mass is 9.93. The van der Waals surface area contributed by atoms with Crippen LogP contribution in [0, 0.1) is 19.8 Å². The zero-order valence-corrected chi connectivity index (χ0v) is 13.3. The third-order valence-corrected chi connectivity index (χ3v) is 6.13. The number of hydrogen-bond donors (Lipinski definition) is 1. The Morgan fingerprint density at radius 1 is 1.35 bits per heavy atom. The Morgan fingerprint density at radius 3 is 2.70 bits per heavy atom. The Hall–Kier alpha value is -0.910. The van der Waals surface area contributed by atoms with Crippen LogP contribution < -0.4 is 5.73 Å². The van der Waals surface area contributed by atoms with Crippen LogP contribution in [0.4, 0.5) is 0 Å². The average Bonchev–Trinajstić information content (AvgIpc) is 2.41. The van der Waals surface area contributed by atoms with Crippen LogP contribution in [0.1, 0.15) is 30.9 Å². The summed E-state index contributed by atoms with van der Waals surface area (Å²) < 4.78 is 27.2. The first-order chi connectivity index (χ1) is 9.32. The van der Waals surface area contributed by atoms with E-state index < -0.39 is 10.0 Å². The van der Waals surface area contributed by atoms with Crippen LogP contribution in [0.15, 0.2) is 23.1 Å². The van der Waals surface area contributed by atoms with Crippen molar-refractivity contribution >= 4 is 10.0 Å². The fourth-order valence-electron chi connectivity index (χ4n) is 2.75. The fourth-order valence-corrected chi connectivity index (χ4v) is 4.59. The lowest BCUT2D eigenvalue weighted by Gasteiger charge is -2.34. The van der Waals surface area contributed by atoms with Crippen molar-refractivity contribution in [2.75, 3.05) is 13.1 Å². The van der Waals surface area contributed by atoms with Crippen molar-refractivity contribution in [3.8, 4) is 0 Å². The first-order valence-corrected chi connectivity index (χ1v) is 8.59. The van der Waals surface area contributed by atoms with E-state index in [0.717, 1.165) is 24.0 Å². The summed E-state index contributed by atoms with van der Waals surface area (Å²) in [5.74, 6) is 0.253. The van der Waals surface area contributed by atoms with E-state index in [4.69, 9.17) is 5.73 Å². The van der Waals surface area contributed by atoms with E-state index in [1.807, 2.05) is 32.9 Å². The minimum absolute atomic E-state index is 0.0339. The molecule has 0 amide bonds. The topological polar surface area (TPSA) is 63.4 Å². The maximum absolute atomic E-state index is 12.8. The summed E-state index contributed by atoms with van der Waals surface area (Å²) in [5, 5.41) is 0. The number of piperidine rings is 1. The summed E-state index contributed by atoms with van der Waals surface area (Å²) in [6.45, 7) is 6.85. The Bertz CT molecular complexity index is 582. The number of benzene rings is 1. The van der Waals surface area contributed by atoms with Crippen LogP contribution in [0.3, 0.4) is 0 Å². The number of nitrogens with zero attached hydrogens (tertiary/aromatic N) is 1. The van der Waals surface area contributed by atoms with E-state index >= 15 is 0 Å². The second-order valence-electron chi connectivity index (χ2n) is 5.89. The van der Waals surface area contributed by atoms with Crippen molar-refractivity contribution in [2.45, 2.75) is 44.6 Å². The Balaban J connectivity index is 2.32. The van der Waals surface area contributed by atoms with Gasteiger partial charge in [-0.3, -0.25) is 0 Å². The molecule has 2 unspecified atom stereocenters. The van der Waals surface area contributed by atoms with Crippen LogP contribution >= 0.6 is 0 Å². The van der Waals surface area contributed by atoms with E-state index in [1.54, 1.807) is 10.4 Å². The molecule has 0 saturated carbocycles. The van der Waals surface area contributed by atoms with Gasteiger partial charge in [0.05, 0.1) is 4.90 Å². The van der Waals surface area contributed by atoms with Gasteiger partial charge in [0.2, 0.25) is 10.0 Å². The molecule has 0 spiro atoms. The van der Waals surface area contributed by atoms with Crippen molar-refractivity contribution in [3.05, 3.63) is 29.3 Å². The molecule has 2 rings (SSSR count). The molecule has 0 radical (unpaired) electrons. The van der Waals surface area contributed by atoms with Gasteiger partial charge in [0.15, 0.2) is 0 Å².